The fourth-order valence-corrected chi connectivity index (χ4v) is 6.10. The van der Waals surface area contributed by atoms with Crippen LogP contribution in [0.4, 0.5) is 4.79 Å². The van der Waals surface area contributed by atoms with Gasteiger partial charge in [0.1, 0.15) is 34.5 Å². The molecule has 5 rings (SSSR count). The lowest BCUT2D eigenvalue weighted by atomic mass is 10.0. The van der Waals surface area contributed by atoms with Crippen LogP contribution < -0.4 is 10.6 Å². The molecule has 3 amide bonds. The zero-order chi connectivity index (χ0) is 31.4. The first kappa shape index (κ1) is 30.7. The monoisotopic (exact) mass is 615 g/mol. The molecule has 0 aromatic heterocycles. The van der Waals surface area contributed by atoms with Crippen LogP contribution in [0.2, 0.25) is 0 Å². The molecule has 3 N–H and O–H groups in total. The summed E-state index contributed by atoms with van der Waals surface area (Å²) in [6.45, 7) is 5.09. The number of nitrogens with one attached hydrogen (secondary N) is 2. The summed E-state index contributed by atoms with van der Waals surface area (Å²) < 4.78 is 11.3. The minimum Gasteiger partial charge on any atom is -0.508 e. The van der Waals surface area contributed by atoms with Crippen LogP contribution in [0.3, 0.4) is 0 Å². The van der Waals surface area contributed by atoms with E-state index in [9.17, 15) is 24.3 Å². The molecule has 2 aliphatic heterocycles. The van der Waals surface area contributed by atoms with Gasteiger partial charge in [-0.25, -0.2) is 9.59 Å². The van der Waals surface area contributed by atoms with Gasteiger partial charge < -0.3 is 25.2 Å². The molecule has 0 aliphatic carbocycles. The molecule has 0 bridgehead atoms. The number of phenolic OH excluding ortho intramolecular Hbond substituents is 1. The van der Waals surface area contributed by atoms with Crippen LogP contribution in [-0.4, -0.2) is 56.7 Å². The Labute approximate surface area is 259 Å². The number of rotatable bonds is 8. The van der Waals surface area contributed by atoms with E-state index in [1.165, 1.54) is 40.9 Å². The van der Waals surface area contributed by atoms with E-state index in [4.69, 9.17) is 9.47 Å². The number of hydrogen-bond donors (Lipinski definition) is 3. The molecule has 0 spiro atoms. The number of thioether (sulfide) groups is 1. The molecule has 1 saturated heterocycles. The van der Waals surface area contributed by atoms with Gasteiger partial charge in [0.25, 0.3) is 5.91 Å². The molecule has 3 atom stereocenters. The summed E-state index contributed by atoms with van der Waals surface area (Å²) in [6, 6.07) is 22.3. The van der Waals surface area contributed by atoms with Crippen LogP contribution in [0.1, 0.15) is 49.6 Å². The summed E-state index contributed by atoms with van der Waals surface area (Å²) in [5.74, 6) is -1.37. The van der Waals surface area contributed by atoms with E-state index in [1.807, 2.05) is 60.7 Å². The number of amides is 3. The minimum atomic E-state index is -1.21. The highest BCUT2D eigenvalue weighted by Gasteiger charge is 2.53. The van der Waals surface area contributed by atoms with E-state index in [-0.39, 0.29) is 11.4 Å². The normalized spacial score (nSPS) is 18.3. The average Bonchev–Trinajstić information content (AvgIpc) is 3.01. The van der Waals surface area contributed by atoms with Crippen molar-refractivity contribution in [3.63, 3.8) is 0 Å². The maximum Gasteiger partial charge on any atom is 0.408 e. The van der Waals surface area contributed by atoms with Gasteiger partial charge in [-0.3, -0.25) is 14.5 Å². The van der Waals surface area contributed by atoms with Crippen LogP contribution in [0.25, 0.3) is 0 Å². The maximum absolute atomic E-state index is 13.5. The highest BCUT2D eigenvalue weighted by molar-refractivity contribution is 8.00. The lowest BCUT2D eigenvalue weighted by Crippen LogP contribution is -2.70. The highest BCUT2D eigenvalue weighted by Crippen LogP contribution is 2.39. The van der Waals surface area contributed by atoms with Crippen LogP contribution in [-0.2, 0) is 23.9 Å². The molecule has 2 heterocycles. The standard InChI is InChI=1S/C33H33N3O7S/c1-33(2,3)43-32(41)35-25(20-14-16-23(37)17-15-20)28(38)34-26-29(39)36-24(18-19-44-30(26)36)31(40)42-27(21-10-6-4-7-11-21)22-12-8-5-9-13-22/h4-18,25-27,30,37H,19H2,1-3H3,(H,34,38)(H,35,41)/t25-,26?,30-/m1/s1. The first-order valence-corrected chi connectivity index (χ1v) is 15.1. The number of carbonyl (C=O) groups is 4. The number of fused-ring (bicyclic) bond motifs is 1. The lowest BCUT2D eigenvalue weighted by Gasteiger charge is -2.48. The van der Waals surface area contributed by atoms with E-state index >= 15 is 0 Å². The van der Waals surface area contributed by atoms with Crippen LogP contribution in [0, 0.1) is 0 Å². The van der Waals surface area contributed by atoms with E-state index in [0.717, 1.165) is 11.1 Å². The number of esters is 1. The van der Waals surface area contributed by atoms with Crippen molar-refractivity contribution in [3.05, 3.63) is 113 Å². The van der Waals surface area contributed by atoms with E-state index in [0.29, 0.717) is 11.3 Å². The second-order valence-electron chi connectivity index (χ2n) is 11.3. The Bertz CT molecular complexity index is 1520. The topological polar surface area (TPSA) is 134 Å². The van der Waals surface area contributed by atoms with E-state index < -0.39 is 53.0 Å². The van der Waals surface area contributed by atoms with Gasteiger partial charge >= 0.3 is 12.1 Å². The summed E-state index contributed by atoms with van der Waals surface area (Å²) in [6.07, 6.45) is 0.143. The molecule has 228 valence electrons. The number of carbonyl (C=O) groups excluding carboxylic acids is 4. The third-order valence-corrected chi connectivity index (χ3v) is 8.12. The van der Waals surface area contributed by atoms with Gasteiger partial charge in [0.15, 0.2) is 6.10 Å². The van der Waals surface area contributed by atoms with Crippen molar-refractivity contribution < 1.29 is 33.8 Å². The summed E-state index contributed by atoms with van der Waals surface area (Å²) in [4.78, 5) is 54.3. The largest absolute Gasteiger partial charge is 0.508 e. The van der Waals surface area contributed by atoms with Crippen molar-refractivity contribution in [2.45, 2.75) is 49.9 Å². The molecule has 1 unspecified atom stereocenters. The second kappa shape index (κ2) is 12.8. The zero-order valence-electron chi connectivity index (χ0n) is 24.4. The Morgan fingerprint density at radius 1 is 0.909 bits per heavy atom. The number of hydrogen-bond acceptors (Lipinski definition) is 8. The molecule has 2 aliphatic rings. The van der Waals surface area contributed by atoms with Crippen molar-refractivity contribution in [2.75, 3.05) is 5.75 Å². The fourth-order valence-electron chi connectivity index (χ4n) is 4.91. The van der Waals surface area contributed by atoms with Crippen molar-refractivity contribution in [3.8, 4) is 5.75 Å². The highest BCUT2D eigenvalue weighted by atomic mass is 32.2. The zero-order valence-corrected chi connectivity index (χ0v) is 25.2. The Morgan fingerprint density at radius 3 is 2.07 bits per heavy atom. The van der Waals surface area contributed by atoms with Crippen molar-refractivity contribution >= 4 is 35.6 Å². The van der Waals surface area contributed by atoms with E-state index in [2.05, 4.69) is 10.6 Å². The number of ether oxygens (including phenoxy) is 2. The Kier molecular flexibility index (Phi) is 8.96. The van der Waals surface area contributed by atoms with Crippen molar-refractivity contribution in [2.24, 2.45) is 0 Å². The SMILES string of the molecule is CC(C)(C)OC(=O)N[C@@H](C(=O)NC1C(=O)N2C(C(=O)OC(c3ccccc3)c3ccccc3)=CCS[C@H]12)c1ccc(O)cc1. The van der Waals surface area contributed by atoms with Gasteiger partial charge in [0.05, 0.1) is 0 Å². The molecule has 3 aromatic carbocycles. The minimum absolute atomic E-state index is 0.0124. The Hall–Kier alpha value is -4.77. The molecule has 44 heavy (non-hydrogen) atoms. The number of β-lactam (4-membered cyclic amide) rings is 1. The van der Waals surface area contributed by atoms with Gasteiger partial charge in [0.2, 0.25) is 5.91 Å². The molecular weight excluding hydrogens is 582 g/mol. The maximum atomic E-state index is 13.5. The number of nitrogens with zero attached hydrogens (tertiary/aromatic N) is 1. The van der Waals surface area contributed by atoms with Crippen LogP contribution >= 0.6 is 11.8 Å². The Morgan fingerprint density at radius 2 is 1.50 bits per heavy atom. The quantitative estimate of drug-likeness (QED) is 0.248. The number of benzene rings is 3. The van der Waals surface area contributed by atoms with Gasteiger partial charge in [-0.1, -0.05) is 72.8 Å². The van der Waals surface area contributed by atoms with Crippen LogP contribution in [0.5, 0.6) is 5.75 Å². The molecule has 3 aromatic rings. The molecular formula is C33H33N3O7S. The van der Waals surface area contributed by atoms with E-state index in [1.54, 1.807) is 26.8 Å². The summed E-state index contributed by atoms with van der Waals surface area (Å²) in [7, 11) is 0. The molecule has 10 nitrogen and oxygen atoms in total. The van der Waals surface area contributed by atoms with Gasteiger partial charge in [-0.15, -0.1) is 11.8 Å². The first-order valence-electron chi connectivity index (χ1n) is 14.1. The Balaban J connectivity index is 1.30. The summed E-state index contributed by atoms with van der Waals surface area (Å²) in [5.41, 5.74) is 1.26. The molecule has 11 heteroatoms. The molecule has 0 saturated carbocycles. The van der Waals surface area contributed by atoms with Gasteiger partial charge in [-0.05, 0) is 55.7 Å². The third-order valence-electron chi connectivity index (χ3n) is 6.93. The molecule has 1 fully saturated rings. The number of phenols is 1. The lowest BCUT2D eigenvalue weighted by molar-refractivity contribution is -0.154. The predicted molar refractivity (Wildman–Crippen MR) is 164 cm³/mol. The van der Waals surface area contributed by atoms with Crippen molar-refractivity contribution in [1.29, 1.82) is 0 Å². The fraction of sp³-hybridized carbons (Fsp3) is 0.273. The predicted octanol–water partition coefficient (Wildman–Crippen LogP) is 4.57. The second-order valence-corrected chi connectivity index (χ2v) is 12.4. The van der Waals surface area contributed by atoms with Crippen molar-refractivity contribution in [1.82, 2.24) is 15.5 Å². The van der Waals surface area contributed by atoms with Gasteiger partial charge in [0, 0.05) is 5.75 Å². The number of aromatic hydroxyl groups is 1. The smallest absolute Gasteiger partial charge is 0.408 e. The number of alkyl carbamates (subject to hydrolysis) is 1. The molecule has 0 radical (unpaired) electrons. The average molecular weight is 616 g/mol. The third kappa shape index (κ3) is 6.89. The summed E-state index contributed by atoms with van der Waals surface area (Å²) in [5, 5.41) is 14.5. The van der Waals surface area contributed by atoms with Gasteiger partial charge in [-0.2, -0.15) is 0 Å². The first-order chi connectivity index (χ1) is 21.0. The summed E-state index contributed by atoms with van der Waals surface area (Å²) >= 11 is 1.39. The van der Waals surface area contributed by atoms with Crippen LogP contribution in [0.15, 0.2) is 96.7 Å².